The number of aliphatic hydroxyl groups excluding tert-OH is 9. The molecule has 0 aromatic carbocycles. The third-order valence-electron chi connectivity index (χ3n) is 18.9. The van der Waals surface area contributed by atoms with E-state index in [1.54, 1.807) is 0 Å². The predicted octanol–water partition coefficient (Wildman–Crippen LogP) is 0.872. The summed E-state index contributed by atoms with van der Waals surface area (Å²) in [7, 11) is 0. The second kappa shape index (κ2) is 17.2. The van der Waals surface area contributed by atoms with Crippen molar-refractivity contribution >= 4 is 11.9 Å². The summed E-state index contributed by atoms with van der Waals surface area (Å²) < 4.78 is 35.1. The molecule has 65 heavy (non-hydrogen) atoms. The molecule has 0 radical (unpaired) electrons. The Morgan fingerprint density at radius 2 is 1.38 bits per heavy atom. The van der Waals surface area contributed by atoms with Crippen molar-refractivity contribution in [2.75, 3.05) is 13.2 Å². The van der Waals surface area contributed by atoms with Gasteiger partial charge in [-0.15, -0.1) is 0 Å². The molecular weight excluding hydrogens is 852 g/mol. The SMILES string of the molecule is CC1(C)CC[C@]2(C(=O)O[C@H]3O[C@@H](CO)[C@@H](O)[C@@H](O)[C@@H]3O)CC[C@@]3(C)C(=CC[C@@H]4[C@]5(C)CC[C@H](O[C@@H]6O[C@H](C(=O)O)[C@H](O)[C@@H](O[C@H]7OC[C@H](O)[C@@H](O)[C@H]7O)[C@H]6O)C(C)(C)[C@H]5CC[C@@]43C)[C@H]2C1. The smallest absolute Gasteiger partial charge is 0.335 e. The van der Waals surface area contributed by atoms with Crippen LogP contribution < -0.4 is 0 Å². The van der Waals surface area contributed by atoms with Gasteiger partial charge < -0.3 is 79.5 Å². The van der Waals surface area contributed by atoms with Crippen LogP contribution in [0.2, 0.25) is 0 Å². The van der Waals surface area contributed by atoms with E-state index in [-0.39, 0.29) is 39.4 Å². The second-order valence-corrected chi connectivity index (χ2v) is 23.1. The van der Waals surface area contributed by atoms with E-state index in [2.05, 4.69) is 54.5 Å². The maximum Gasteiger partial charge on any atom is 0.335 e. The highest BCUT2D eigenvalue weighted by Gasteiger charge is 2.70. The number of aliphatic carboxylic acids is 1. The van der Waals surface area contributed by atoms with Crippen molar-refractivity contribution in [3.8, 4) is 0 Å². The maximum atomic E-state index is 14.7. The van der Waals surface area contributed by atoms with Crippen LogP contribution in [0.3, 0.4) is 0 Å². The van der Waals surface area contributed by atoms with Gasteiger partial charge in [-0.3, -0.25) is 4.79 Å². The molecule has 4 saturated carbocycles. The first-order chi connectivity index (χ1) is 30.3. The highest BCUT2D eigenvalue weighted by molar-refractivity contribution is 5.79. The number of fused-ring (bicyclic) bond motifs is 7. The number of hydrogen-bond acceptors (Lipinski definition) is 17. The number of hydrogen-bond donors (Lipinski definition) is 10. The summed E-state index contributed by atoms with van der Waals surface area (Å²) in [6, 6.07) is 0. The van der Waals surface area contributed by atoms with Crippen molar-refractivity contribution in [3.63, 3.8) is 0 Å². The van der Waals surface area contributed by atoms with Gasteiger partial charge in [0.1, 0.15) is 61.0 Å². The lowest BCUT2D eigenvalue weighted by molar-refractivity contribution is -0.357. The highest BCUT2D eigenvalue weighted by atomic mass is 16.7. The number of carbonyl (C=O) groups excluding carboxylic acids is 1. The molecule has 370 valence electrons. The Morgan fingerprint density at radius 1 is 0.708 bits per heavy atom. The van der Waals surface area contributed by atoms with Gasteiger partial charge in [0.25, 0.3) is 0 Å². The zero-order valence-corrected chi connectivity index (χ0v) is 38.7. The minimum atomic E-state index is -1.90. The van der Waals surface area contributed by atoms with Gasteiger partial charge in [0.15, 0.2) is 18.7 Å². The molecule has 0 unspecified atom stereocenters. The van der Waals surface area contributed by atoms with Crippen molar-refractivity contribution in [3.05, 3.63) is 11.6 Å². The maximum absolute atomic E-state index is 14.7. The van der Waals surface area contributed by atoms with Gasteiger partial charge >= 0.3 is 11.9 Å². The molecule has 3 aliphatic heterocycles. The molecule has 5 aliphatic carbocycles. The normalized spacial score (nSPS) is 52.7. The fourth-order valence-electron chi connectivity index (χ4n) is 14.7. The average molecular weight is 927 g/mol. The number of ether oxygens (including phenoxy) is 6. The van der Waals surface area contributed by atoms with E-state index in [0.29, 0.717) is 19.3 Å². The van der Waals surface area contributed by atoms with Crippen LogP contribution in [-0.4, -0.2) is 168 Å². The first-order valence-electron chi connectivity index (χ1n) is 23.7. The van der Waals surface area contributed by atoms with Crippen molar-refractivity contribution in [2.24, 2.45) is 50.2 Å². The van der Waals surface area contributed by atoms with Crippen LogP contribution in [0.5, 0.6) is 0 Å². The monoisotopic (exact) mass is 926 g/mol. The minimum Gasteiger partial charge on any atom is -0.479 e. The molecule has 0 amide bonds. The predicted molar refractivity (Wildman–Crippen MR) is 225 cm³/mol. The Bertz CT molecular complexity index is 1820. The molecule has 7 fully saturated rings. The lowest BCUT2D eigenvalue weighted by atomic mass is 9.33. The third-order valence-corrected chi connectivity index (χ3v) is 18.9. The van der Waals surface area contributed by atoms with E-state index in [0.717, 1.165) is 44.9 Å². The molecule has 3 heterocycles. The van der Waals surface area contributed by atoms with E-state index < -0.39 is 128 Å². The van der Waals surface area contributed by atoms with E-state index in [1.165, 1.54) is 5.57 Å². The molecule has 22 atom stereocenters. The molecule has 0 spiro atoms. The minimum absolute atomic E-state index is 0.0677. The van der Waals surface area contributed by atoms with E-state index in [1.807, 2.05) is 0 Å². The van der Waals surface area contributed by atoms with E-state index in [4.69, 9.17) is 28.4 Å². The Balaban J connectivity index is 1.03. The van der Waals surface area contributed by atoms with Gasteiger partial charge in [0.05, 0.1) is 24.7 Å². The van der Waals surface area contributed by atoms with Gasteiger partial charge in [-0.1, -0.05) is 60.1 Å². The highest BCUT2D eigenvalue weighted by Crippen LogP contribution is 2.76. The molecule has 0 aromatic rings. The van der Waals surface area contributed by atoms with Crippen LogP contribution in [0.25, 0.3) is 0 Å². The molecule has 8 aliphatic rings. The number of allylic oxidation sites excluding steroid dienone is 2. The number of carboxylic acid groups (broad SMARTS) is 1. The van der Waals surface area contributed by atoms with E-state index >= 15 is 0 Å². The fourth-order valence-corrected chi connectivity index (χ4v) is 14.7. The van der Waals surface area contributed by atoms with Crippen molar-refractivity contribution in [1.29, 1.82) is 0 Å². The van der Waals surface area contributed by atoms with Crippen LogP contribution >= 0.6 is 0 Å². The average Bonchev–Trinajstić information content (AvgIpc) is 3.24. The Hall–Kier alpha value is -1.88. The quantitative estimate of drug-likeness (QED) is 0.0918. The Labute approximate surface area is 380 Å². The summed E-state index contributed by atoms with van der Waals surface area (Å²) in [6.07, 6.45) is -13.7. The van der Waals surface area contributed by atoms with Crippen molar-refractivity contribution in [2.45, 2.75) is 205 Å². The number of rotatable bonds is 8. The topological polar surface area (TPSA) is 292 Å². The van der Waals surface area contributed by atoms with Crippen LogP contribution in [-0.2, 0) is 38.0 Å². The lowest BCUT2D eigenvalue weighted by Gasteiger charge is -2.71. The summed E-state index contributed by atoms with van der Waals surface area (Å²) >= 11 is 0. The van der Waals surface area contributed by atoms with Crippen LogP contribution in [0, 0.1) is 50.2 Å². The second-order valence-electron chi connectivity index (χ2n) is 23.1. The summed E-state index contributed by atoms with van der Waals surface area (Å²) in [4.78, 5) is 27.0. The third kappa shape index (κ3) is 7.76. The fraction of sp³-hybridized carbons (Fsp3) is 0.915. The van der Waals surface area contributed by atoms with Gasteiger partial charge in [-0.05, 0) is 109 Å². The summed E-state index contributed by atoms with van der Waals surface area (Å²) in [5, 5.41) is 105. The molecule has 8 rings (SSSR count). The number of aliphatic hydroxyl groups is 9. The largest absolute Gasteiger partial charge is 0.479 e. The molecule has 0 aromatic heterocycles. The van der Waals surface area contributed by atoms with Crippen molar-refractivity contribution in [1.82, 2.24) is 0 Å². The molecule has 0 bridgehead atoms. The number of carbonyl (C=O) groups is 2. The summed E-state index contributed by atoms with van der Waals surface area (Å²) in [6.45, 7) is 14.9. The van der Waals surface area contributed by atoms with Crippen LogP contribution in [0.4, 0.5) is 0 Å². The first kappa shape index (κ1) is 49.5. The van der Waals surface area contributed by atoms with Crippen LogP contribution in [0.15, 0.2) is 11.6 Å². The number of carboxylic acids is 1. The Morgan fingerprint density at radius 3 is 2.06 bits per heavy atom. The molecule has 10 N–H and O–H groups in total. The zero-order chi connectivity index (χ0) is 47.6. The molecule has 18 nitrogen and oxygen atoms in total. The van der Waals surface area contributed by atoms with Crippen molar-refractivity contribution < 1.29 is 89.1 Å². The molecule has 18 heteroatoms. The van der Waals surface area contributed by atoms with Gasteiger partial charge in [0, 0.05) is 0 Å². The Kier molecular flexibility index (Phi) is 13.1. The molecular formula is C47H74O18. The first-order valence-corrected chi connectivity index (χ1v) is 23.7. The standard InChI is InChI=1S/C47H74O18/c1-42(2)14-16-47(41(59)65-39-32(54)30(52)29(51)24(19-48)61-39)17-15-45(6)21(22(47)18-42)8-9-26-44(5)12-11-27(43(3,4)25(44)10-13-46(26,45)7)62-40-34(56)35(33(55)36(64-40)37(57)58)63-38-31(53)28(50)23(49)20-60-38/h8,22-36,38-40,48-56H,9-20H2,1-7H3,(H,57,58)/t22-,23+,24+,25-,26-,27+,28-,29-,30-,31-,32+,33-,34-,35-,36+,38-,39-,40-,44-,45+,46+,47+/m1/s1. The van der Waals surface area contributed by atoms with Gasteiger partial charge in [-0.25, -0.2) is 4.79 Å². The van der Waals surface area contributed by atoms with E-state index in [9.17, 15) is 60.7 Å². The number of esters is 1. The lowest BCUT2D eigenvalue weighted by Crippen LogP contribution is -2.67. The summed E-state index contributed by atoms with van der Waals surface area (Å²) in [5.41, 5.74) is -0.846. The molecule has 3 saturated heterocycles. The summed E-state index contributed by atoms with van der Waals surface area (Å²) in [5.74, 6) is -1.80. The van der Waals surface area contributed by atoms with Crippen LogP contribution in [0.1, 0.15) is 113 Å². The zero-order valence-electron chi connectivity index (χ0n) is 38.7. The van der Waals surface area contributed by atoms with Gasteiger partial charge in [-0.2, -0.15) is 0 Å². The van der Waals surface area contributed by atoms with Gasteiger partial charge in [0.2, 0.25) is 6.29 Å².